The van der Waals surface area contributed by atoms with Gasteiger partial charge < -0.3 is 10.4 Å². The van der Waals surface area contributed by atoms with Gasteiger partial charge in [-0.2, -0.15) is 0 Å². The van der Waals surface area contributed by atoms with Crippen molar-refractivity contribution in [3.63, 3.8) is 0 Å². The third kappa shape index (κ3) is 1.97. The first-order valence-corrected chi connectivity index (χ1v) is 7.62. The fourth-order valence-corrected chi connectivity index (χ4v) is 4.09. The van der Waals surface area contributed by atoms with E-state index in [1.807, 2.05) is 0 Å². The number of amides is 1. The van der Waals surface area contributed by atoms with Gasteiger partial charge in [-0.05, 0) is 54.9 Å². The molecule has 0 spiro atoms. The molecule has 1 amide bonds. The van der Waals surface area contributed by atoms with E-state index in [1.165, 1.54) is 12.1 Å². The summed E-state index contributed by atoms with van der Waals surface area (Å²) in [6, 6.07) is 6.27. The minimum Gasteiger partial charge on any atom is -0.478 e. The maximum absolute atomic E-state index is 12.8. The number of aromatic carboxylic acids is 1. The predicted molar refractivity (Wildman–Crippen MR) is 84.7 cm³/mol. The van der Waals surface area contributed by atoms with Gasteiger partial charge >= 0.3 is 5.97 Å². The zero-order valence-electron chi connectivity index (χ0n) is 13.0. The first kappa shape index (κ1) is 14.8. The van der Waals surface area contributed by atoms with Gasteiger partial charge in [0.15, 0.2) is 0 Å². The third-order valence-electron chi connectivity index (χ3n) is 5.71. The predicted octanol–water partition coefficient (Wildman–Crippen LogP) is 3.71. The largest absolute Gasteiger partial charge is 0.478 e. The quantitative estimate of drug-likeness (QED) is 0.836. The standard InChI is InChI=1S/C18H21NO3/c1-11-17(2,3)13-8-9-18(11,10-13)16(22)19-14-6-4-12(5-7-14)15(20)21/h4-7,13H,1,8-10H2,2-3H3,(H,19,22)(H,20,21)/t13-,18+/m1/s1. The lowest BCUT2D eigenvalue weighted by molar-refractivity contribution is -0.123. The maximum atomic E-state index is 12.8. The zero-order chi connectivity index (χ0) is 16.1. The molecule has 4 heteroatoms. The molecule has 2 saturated carbocycles. The van der Waals surface area contributed by atoms with Crippen LogP contribution in [0.1, 0.15) is 43.5 Å². The minimum atomic E-state index is -0.971. The molecule has 0 aromatic heterocycles. The van der Waals surface area contributed by atoms with Crippen molar-refractivity contribution in [3.8, 4) is 0 Å². The minimum absolute atomic E-state index is 0.00588. The second kappa shape index (κ2) is 4.70. The van der Waals surface area contributed by atoms with E-state index in [2.05, 4.69) is 25.7 Å². The Hall–Kier alpha value is -2.10. The van der Waals surface area contributed by atoms with E-state index < -0.39 is 11.4 Å². The number of fused-ring (bicyclic) bond motifs is 2. The highest BCUT2D eigenvalue weighted by atomic mass is 16.4. The van der Waals surface area contributed by atoms with Crippen LogP contribution in [-0.4, -0.2) is 17.0 Å². The van der Waals surface area contributed by atoms with Crippen LogP contribution in [0.2, 0.25) is 0 Å². The molecular weight excluding hydrogens is 278 g/mol. The lowest BCUT2D eigenvalue weighted by atomic mass is 9.68. The highest BCUT2D eigenvalue weighted by Crippen LogP contribution is 2.65. The molecule has 0 radical (unpaired) electrons. The van der Waals surface area contributed by atoms with Crippen molar-refractivity contribution in [3.05, 3.63) is 42.0 Å². The fourth-order valence-electron chi connectivity index (χ4n) is 4.09. The summed E-state index contributed by atoms with van der Waals surface area (Å²) in [5, 5.41) is 11.9. The molecule has 0 saturated heterocycles. The van der Waals surface area contributed by atoms with E-state index in [0.717, 1.165) is 24.8 Å². The number of nitrogens with one attached hydrogen (secondary N) is 1. The van der Waals surface area contributed by atoms with Crippen LogP contribution in [0.15, 0.2) is 36.4 Å². The fraction of sp³-hybridized carbons (Fsp3) is 0.444. The average molecular weight is 299 g/mol. The van der Waals surface area contributed by atoms with E-state index >= 15 is 0 Å². The van der Waals surface area contributed by atoms with Crippen LogP contribution >= 0.6 is 0 Å². The topological polar surface area (TPSA) is 66.4 Å². The molecule has 22 heavy (non-hydrogen) atoms. The van der Waals surface area contributed by atoms with Crippen LogP contribution < -0.4 is 5.32 Å². The van der Waals surface area contributed by atoms with Gasteiger partial charge in [-0.3, -0.25) is 4.79 Å². The number of carboxylic acid groups (broad SMARTS) is 1. The molecule has 2 fully saturated rings. The van der Waals surface area contributed by atoms with E-state index in [0.29, 0.717) is 11.6 Å². The number of rotatable bonds is 3. The third-order valence-corrected chi connectivity index (χ3v) is 5.71. The molecule has 3 rings (SSSR count). The molecular formula is C18H21NO3. The number of benzene rings is 1. The van der Waals surface area contributed by atoms with E-state index in [-0.39, 0.29) is 16.9 Å². The Morgan fingerprint density at radius 3 is 2.41 bits per heavy atom. The Labute approximate surface area is 130 Å². The van der Waals surface area contributed by atoms with Crippen LogP contribution in [0.5, 0.6) is 0 Å². The smallest absolute Gasteiger partial charge is 0.335 e. The van der Waals surface area contributed by atoms with Gasteiger partial charge in [0.25, 0.3) is 0 Å². The van der Waals surface area contributed by atoms with Crippen LogP contribution in [-0.2, 0) is 4.79 Å². The Kier molecular flexibility index (Phi) is 3.17. The van der Waals surface area contributed by atoms with E-state index in [1.54, 1.807) is 12.1 Å². The van der Waals surface area contributed by atoms with Crippen molar-refractivity contribution >= 4 is 17.6 Å². The number of anilines is 1. The SMILES string of the molecule is C=C1C(C)(C)[C@@H]2CC[C@]1(C(=O)Nc1ccc(C(=O)O)cc1)C2. The molecule has 4 nitrogen and oxygen atoms in total. The molecule has 116 valence electrons. The van der Waals surface area contributed by atoms with Gasteiger partial charge in [0.1, 0.15) is 0 Å². The summed E-state index contributed by atoms with van der Waals surface area (Å²) in [4.78, 5) is 23.7. The molecule has 1 aromatic rings. The van der Waals surface area contributed by atoms with Crippen molar-refractivity contribution in [1.82, 2.24) is 0 Å². The molecule has 2 atom stereocenters. The Morgan fingerprint density at radius 2 is 1.91 bits per heavy atom. The molecule has 2 aliphatic carbocycles. The van der Waals surface area contributed by atoms with Gasteiger partial charge in [-0.1, -0.05) is 26.0 Å². The Bertz CT molecular complexity index is 659. The number of carbonyl (C=O) groups excluding carboxylic acids is 1. The van der Waals surface area contributed by atoms with Crippen LogP contribution in [0.4, 0.5) is 5.69 Å². The first-order valence-electron chi connectivity index (χ1n) is 7.62. The molecule has 2 aliphatic rings. The molecule has 0 unspecified atom stereocenters. The summed E-state index contributed by atoms with van der Waals surface area (Å²) in [5.41, 5.74) is 1.44. The van der Waals surface area contributed by atoms with Gasteiger partial charge in [-0.25, -0.2) is 4.79 Å². The monoisotopic (exact) mass is 299 g/mol. The number of hydrogen-bond acceptors (Lipinski definition) is 2. The summed E-state index contributed by atoms with van der Waals surface area (Å²) < 4.78 is 0. The summed E-state index contributed by atoms with van der Waals surface area (Å²) in [6.45, 7) is 8.58. The molecule has 0 aliphatic heterocycles. The van der Waals surface area contributed by atoms with Crippen molar-refractivity contribution in [2.24, 2.45) is 16.7 Å². The lowest BCUT2D eigenvalue weighted by Crippen LogP contribution is -2.37. The van der Waals surface area contributed by atoms with E-state index in [9.17, 15) is 9.59 Å². The number of hydrogen-bond donors (Lipinski definition) is 2. The molecule has 2 N–H and O–H groups in total. The van der Waals surface area contributed by atoms with Gasteiger partial charge in [0.05, 0.1) is 11.0 Å². The van der Waals surface area contributed by atoms with Crippen molar-refractivity contribution in [1.29, 1.82) is 0 Å². The number of carbonyl (C=O) groups is 2. The normalized spacial score (nSPS) is 28.6. The van der Waals surface area contributed by atoms with Gasteiger partial charge in [0, 0.05) is 5.69 Å². The summed E-state index contributed by atoms with van der Waals surface area (Å²) >= 11 is 0. The summed E-state index contributed by atoms with van der Waals surface area (Å²) in [5.74, 6) is -0.449. The molecule has 0 heterocycles. The maximum Gasteiger partial charge on any atom is 0.335 e. The van der Waals surface area contributed by atoms with Gasteiger partial charge in [0.2, 0.25) is 5.91 Å². The van der Waals surface area contributed by atoms with Crippen molar-refractivity contribution in [2.75, 3.05) is 5.32 Å². The number of carboxylic acids is 1. The Balaban J connectivity index is 1.80. The van der Waals surface area contributed by atoms with Crippen LogP contribution in [0.3, 0.4) is 0 Å². The van der Waals surface area contributed by atoms with Gasteiger partial charge in [-0.15, -0.1) is 0 Å². The lowest BCUT2D eigenvalue weighted by Gasteiger charge is -2.37. The highest BCUT2D eigenvalue weighted by Gasteiger charge is 2.60. The second-order valence-electron chi connectivity index (χ2n) is 7.06. The van der Waals surface area contributed by atoms with Crippen LogP contribution in [0.25, 0.3) is 0 Å². The average Bonchev–Trinajstić information content (AvgIpc) is 3.00. The van der Waals surface area contributed by atoms with Crippen LogP contribution in [0, 0.1) is 16.7 Å². The Morgan fingerprint density at radius 1 is 1.27 bits per heavy atom. The summed E-state index contributed by atoms with van der Waals surface area (Å²) in [6.07, 6.45) is 2.80. The van der Waals surface area contributed by atoms with Crippen molar-refractivity contribution in [2.45, 2.75) is 33.1 Å². The highest BCUT2D eigenvalue weighted by molar-refractivity contribution is 5.99. The van der Waals surface area contributed by atoms with E-state index in [4.69, 9.17) is 5.11 Å². The molecule has 1 aromatic carbocycles. The second-order valence-corrected chi connectivity index (χ2v) is 7.06. The van der Waals surface area contributed by atoms with Crippen molar-refractivity contribution < 1.29 is 14.7 Å². The first-order chi connectivity index (χ1) is 10.3. The zero-order valence-corrected chi connectivity index (χ0v) is 13.0. The molecule has 2 bridgehead atoms. The summed E-state index contributed by atoms with van der Waals surface area (Å²) in [7, 11) is 0.